The number of aryl methyl sites for hydroxylation is 1. The first kappa shape index (κ1) is 24.4. The van der Waals surface area contributed by atoms with Crippen molar-refractivity contribution in [1.82, 2.24) is 4.90 Å². The molecule has 0 bridgehead atoms. The van der Waals surface area contributed by atoms with E-state index in [1.165, 1.54) is 51.9 Å². The van der Waals surface area contributed by atoms with Gasteiger partial charge in [0, 0.05) is 16.9 Å². The fraction of sp³-hybridized carbons (Fsp3) is 0.310. The highest BCUT2D eigenvalue weighted by Crippen LogP contribution is 2.43. The van der Waals surface area contributed by atoms with Crippen LogP contribution in [0.2, 0.25) is 0 Å². The monoisotopic (exact) mass is 414 g/mol. The van der Waals surface area contributed by atoms with Crippen LogP contribution in [0, 0.1) is 6.92 Å². The third kappa shape index (κ3) is 5.86. The van der Waals surface area contributed by atoms with Crippen molar-refractivity contribution in [2.75, 3.05) is 26.0 Å². The first-order valence-corrected chi connectivity index (χ1v) is 11.1. The summed E-state index contributed by atoms with van der Waals surface area (Å²) in [5.74, 6) is 0. The molecular weight excluding hydrogens is 376 g/mol. The predicted octanol–water partition coefficient (Wildman–Crippen LogP) is 7.94. The maximum absolute atomic E-state index is 4.17. The molecular formula is C29H38N2. The van der Waals surface area contributed by atoms with Gasteiger partial charge < -0.3 is 10.2 Å². The molecule has 0 aromatic heterocycles. The number of fused-ring (bicyclic) bond motifs is 1. The summed E-state index contributed by atoms with van der Waals surface area (Å²) in [4.78, 5) is 2.18. The zero-order valence-electron chi connectivity index (χ0n) is 20.4. The molecule has 0 aliphatic carbocycles. The molecule has 2 nitrogen and oxygen atoms in total. The molecule has 2 aromatic carbocycles. The fourth-order valence-corrected chi connectivity index (χ4v) is 3.81. The highest BCUT2D eigenvalue weighted by atomic mass is 15.0. The average Bonchev–Trinajstić information content (AvgIpc) is 2.72. The Labute approximate surface area is 189 Å². The minimum atomic E-state index is 0.966. The topological polar surface area (TPSA) is 15.3 Å². The second kappa shape index (κ2) is 11.0. The molecule has 2 heteroatoms. The van der Waals surface area contributed by atoms with Crippen LogP contribution in [0.3, 0.4) is 0 Å². The van der Waals surface area contributed by atoms with Gasteiger partial charge in [-0.1, -0.05) is 68.1 Å². The predicted molar refractivity (Wildman–Crippen MR) is 140 cm³/mol. The molecule has 0 saturated carbocycles. The third-order valence-electron chi connectivity index (χ3n) is 5.50. The van der Waals surface area contributed by atoms with Gasteiger partial charge in [0.25, 0.3) is 0 Å². The van der Waals surface area contributed by atoms with Gasteiger partial charge in [-0.3, -0.25) is 0 Å². The van der Waals surface area contributed by atoms with Crippen molar-refractivity contribution in [2.24, 2.45) is 0 Å². The zero-order chi connectivity index (χ0) is 23.1. The molecule has 0 radical (unpaired) electrons. The molecule has 1 heterocycles. The molecule has 0 spiro atoms. The number of benzene rings is 2. The number of nitrogens with one attached hydrogen (secondary N) is 1. The summed E-state index contributed by atoms with van der Waals surface area (Å²) in [5.41, 5.74) is 11.8. The van der Waals surface area contributed by atoms with Crippen LogP contribution in [-0.4, -0.2) is 25.5 Å². The summed E-state index contributed by atoms with van der Waals surface area (Å²) in [6.07, 6.45) is 5.54. The summed E-state index contributed by atoms with van der Waals surface area (Å²) in [7, 11) is 4.17. The Morgan fingerprint density at radius 3 is 2.16 bits per heavy atom. The molecule has 0 saturated heterocycles. The minimum absolute atomic E-state index is 0.966. The van der Waals surface area contributed by atoms with Crippen molar-refractivity contribution >= 4 is 16.8 Å². The second-order valence-electron chi connectivity index (χ2n) is 8.48. The first-order valence-electron chi connectivity index (χ1n) is 11.1. The van der Waals surface area contributed by atoms with Gasteiger partial charge in [0.1, 0.15) is 0 Å². The Morgan fingerprint density at radius 1 is 1.03 bits per heavy atom. The van der Waals surface area contributed by atoms with Crippen LogP contribution in [0.15, 0.2) is 73.0 Å². The summed E-state index contributed by atoms with van der Waals surface area (Å²) < 4.78 is 0. The van der Waals surface area contributed by atoms with Gasteiger partial charge in [-0.05, 0) is 94.2 Å². The van der Waals surface area contributed by atoms with Gasteiger partial charge in [0.2, 0.25) is 0 Å². The molecule has 0 amide bonds. The molecule has 0 atom stereocenters. The molecule has 1 aliphatic rings. The van der Waals surface area contributed by atoms with Crippen LogP contribution in [0.1, 0.15) is 50.8 Å². The number of hydrogen-bond acceptors (Lipinski definition) is 2. The van der Waals surface area contributed by atoms with E-state index in [4.69, 9.17) is 0 Å². The average molecular weight is 415 g/mol. The molecule has 1 N–H and O–H groups in total. The molecule has 0 unspecified atom stereocenters. The molecule has 2 aromatic rings. The van der Waals surface area contributed by atoms with E-state index >= 15 is 0 Å². The lowest BCUT2D eigenvalue weighted by molar-refractivity contribution is 0.408. The Bertz CT molecular complexity index is 1000. The SMILES string of the molecule is C=C1Nc2ccc(C)c(-c3ccc(C(=C)C)cc3)c2C(/C=C\C)=C1C.CCCN(C)C. The van der Waals surface area contributed by atoms with E-state index in [0.29, 0.717) is 0 Å². The number of allylic oxidation sites excluding steroid dienone is 5. The quantitative estimate of drug-likeness (QED) is 0.534. The highest BCUT2D eigenvalue weighted by Gasteiger charge is 2.22. The number of hydrogen-bond donors (Lipinski definition) is 1. The Hall–Kier alpha value is -2.84. The third-order valence-corrected chi connectivity index (χ3v) is 5.50. The van der Waals surface area contributed by atoms with E-state index in [1.54, 1.807) is 0 Å². The van der Waals surface area contributed by atoms with Gasteiger partial charge in [-0.15, -0.1) is 0 Å². The van der Waals surface area contributed by atoms with Gasteiger partial charge in [0.05, 0.1) is 0 Å². The maximum atomic E-state index is 4.17. The first-order chi connectivity index (χ1) is 14.7. The Kier molecular flexibility index (Phi) is 8.65. The summed E-state index contributed by atoms with van der Waals surface area (Å²) >= 11 is 0. The van der Waals surface area contributed by atoms with Crippen LogP contribution < -0.4 is 5.32 Å². The van der Waals surface area contributed by atoms with Crippen molar-refractivity contribution in [1.29, 1.82) is 0 Å². The second-order valence-corrected chi connectivity index (χ2v) is 8.48. The molecule has 1 aliphatic heterocycles. The lowest BCUT2D eigenvalue weighted by atomic mass is 9.84. The van der Waals surface area contributed by atoms with Gasteiger partial charge in [0.15, 0.2) is 0 Å². The molecule has 3 rings (SSSR count). The van der Waals surface area contributed by atoms with Crippen molar-refractivity contribution in [2.45, 2.75) is 41.0 Å². The summed E-state index contributed by atoms with van der Waals surface area (Å²) in [6.45, 7) is 20.0. The lowest BCUT2D eigenvalue weighted by Gasteiger charge is -2.27. The van der Waals surface area contributed by atoms with E-state index in [0.717, 1.165) is 17.0 Å². The minimum Gasteiger partial charge on any atom is -0.355 e. The summed E-state index contributed by atoms with van der Waals surface area (Å²) in [5, 5.41) is 3.46. The lowest BCUT2D eigenvalue weighted by Crippen LogP contribution is -2.11. The summed E-state index contributed by atoms with van der Waals surface area (Å²) in [6, 6.07) is 13.0. The van der Waals surface area contributed by atoms with Crippen molar-refractivity contribution in [3.63, 3.8) is 0 Å². The van der Waals surface area contributed by atoms with Crippen LogP contribution in [0.4, 0.5) is 5.69 Å². The largest absolute Gasteiger partial charge is 0.355 e. The molecule has 31 heavy (non-hydrogen) atoms. The molecule has 164 valence electrons. The van der Waals surface area contributed by atoms with Crippen LogP contribution in [0.5, 0.6) is 0 Å². The van der Waals surface area contributed by atoms with Crippen LogP contribution >= 0.6 is 0 Å². The van der Waals surface area contributed by atoms with Gasteiger partial charge in [-0.2, -0.15) is 0 Å². The van der Waals surface area contributed by atoms with E-state index in [-0.39, 0.29) is 0 Å². The van der Waals surface area contributed by atoms with Crippen LogP contribution in [-0.2, 0) is 0 Å². The van der Waals surface area contributed by atoms with Crippen molar-refractivity contribution < 1.29 is 0 Å². The van der Waals surface area contributed by atoms with Gasteiger partial charge >= 0.3 is 0 Å². The Balaban J connectivity index is 0.000000501. The standard InChI is InChI=1S/C24H25N.C5H13N/c1-7-8-21-17(5)18(6)25-22-14-9-16(4)23(24(21)22)20-12-10-19(11-13-20)15(2)3;1-4-5-6(2)3/h7-14,25H,2,6H2,1,3-5H3;4-5H2,1-3H3/b8-7-;. The van der Waals surface area contributed by atoms with E-state index < -0.39 is 0 Å². The fourth-order valence-electron chi connectivity index (χ4n) is 3.81. The normalized spacial score (nSPS) is 13.1. The number of rotatable bonds is 5. The van der Waals surface area contributed by atoms with Gasteiger partial charge in [-0.25, -0.2) is 0 Å². The van der Waals surface area contributed by atoms with E-state index in [1.807, 2.05) is 6.92 Å². The highest BCUT2D eigenvalue weighted by molar-refractivity contribution is 5.98. The van der Waals surface area contributed by atoms with Crippen molar-refractivity contribution in [3.8, 4) is 11.1 Å². The number of anilines is 1. The molecule has 0 fully saturated rings. The number of nitrogens with zero attached hydrogens (tertiary/aromatic N) is 1. The maximum Gasteiger partial charge on any atom is 0.0470 e. The Morgan fingerprint density at radius 2 is 1.68 bits per heavy atom. The van der Waals surface area contributed by atoms with Crippen molar-refractivity contribution in [3.05, 3.63) is 89.7 Å². The smallest absolute Gasteiger partial charge is 0.0470 e. The zero-order valence-corrected chi connectivity index (χ0v) is 20.4. The van der Waals surface area contributed by atoms with E-state index in [2.05, 4.69) is 114 Å². The van der Waals surface area contributed by atoms with E-state index in [9.17, 15) is 0 Å². The van der Waals surface area contributed by atoms with Crippen LogP contribution in [0.25, 0.3) is 22.3 Å².